The second-order valence-electron chi connectivity index (χ2n) is 14.4. The highest BCUT2D eigenvalue weighted by molar-refractivity contribution is 9.11. The summed E-state index contributed by atoms with van der Waals surface area (Å²) in [5.41, 5.74) is -0.353. The van der Waals surface area contributed by atoms with Gasteiger partial charge in [0.25, 0.3) is 5.91 Å². The molecule has 6 fully saturated rings. The quantitative estimate of drug-likeness (QED) is 0.312. The molecule has 13 heteroatoms. The van der Waals surface area contributed by atoms with E-state index < -0.39 is 46.4 Å². The Morgan fingerprint density at radius 3 is 2.53 bits per heavy atom. The number of methoxy groups -OCH3 is 3. The fourth-order valence-corrected chi connectivity index (χ4v) is 12.4. The van der Waals surface area contributed by atoms with Crippen LogP contribution >= 0.6 is 27.3 Å². The number of fused-ring (bicyclic) bond motifs is 2. The van der Waals surface area contributed by atoms with Crippen molar-refractivity contribution in [3.63, 3.8) is 0 Å². The van der Waals surface area contributed by atoms with E-state index in [1.807, 2.05) is 13.0 Å². The standard InChI is InChI=1S/C34H42BrN3O8S/c1-17-32(46-30(40)19-7-5-6-8-21(19)36-29(39)23-9-10-27(35)47-23)12-11-18(43-2)15-31-24(32)14-26(38(31)37-17)33(41)16-22(44-3)20-13-25(31)34(33,42)28(20)45-4/h5-10,17-18,20,22,24-26,28,37,41-42H,11-16H2,1-4H3,(H,36,39)/t17-,18-,20+,22-,24?,25?,26?,28-,31?,32+,33-,34-/m0/s1. The molecular formula is C34H42BrN3O8S. The summed E-state index contributed by atoms with van der Waals surface area (Å²) in [6.07, 6.45) is 2.18. The maximum absolute atomic E-state index is 14.4. The van der Waals surface area contributed by atoms with E-state index >= 15 is 0 Å². The highest BCUT2D eigenvalue weighted by Gasteiger charge is 2.87. The van der Waals surface area contributed by atoms with E-state index in [2.05, 4.69) is 31.7 Å². The number of benzene rings is 1. The lowest BCUT2D eigenvalue weighted by Gasteiger charge is -2.67. The van der Waals surface area contributed by atoms with Crippen LogP contribution in [0.25, 0.3) is 0 Å². The molecule has 0 radical (unpaired) electrons. The molecule has 13 atom stereocenters. The molecule has 254 valence electrons. The zero-order valence-corrected chi connectivity index (χ0v) is 29.3. The van der Waals surface area contributed by atoms with E-state index in [1.165, 1.54) is 11.3 Å². The van der Waals surface area contributed by atoms with Gasteiger partial charge in [-0.05, 0) is 79.2 Å². The number of hydrogen-bond donors (Lipinski definition) is 4. The van der Waals surface area contributed by atoms with Crippen LogP contribution in [0.5, 0.6) is 0 Å². The summed E-state index contributed by atoms with van der Waals surface area (Å²) in [7, 11) is 4.99. The fourth-order valence-electron chi connectivity index (χ4n) is 11.1. The highest BCUT2D eigenvalue weighted by atomic mass is 79.9. The second-order valence-corrected chi connectivity index (χ2v) is 16.9. The van der Waals surface area contributed by atoms with Crippen LogP contribution in [-0.4, -0.2) is 101 Å². The summed E-state index contributed by atoms with van der Waals surface area (Å²) in [6, 6.07) is 9.68. The van der Waals surface area contributed by atoms with Gasteiger partial charge in [-0.3, -0.25) is 4.79 Å². The predicted molar refractivity (Wildman–Crippen MR) is 176 cm³/mol. The van der Waals surface area contributed by atoms with Crippen molar-refractivity contribution in [2.75, 3.05) is 26.6 Å². The first kappa shape index (κ1) is 32.3. The number of hydrazine groups is 1. The number of rotatable bonds is 7. The van der Waals surface area contributed by atoms with Gasteiger partial charge in [0.15, 0.2) is 0 Å². The number of nitrogens with zero attached hydrogens (tertiary/aromatic N) is 1. The molecule has 7 bridgehead atoms. The van der Waals surface area contributed by atoms with Gasteiger partial charge in [0.1, 0.15) is 16.8 Å². The summed E-state index contributed by atoms with van der Waals surface area (Å²) in [6.45, 7) is 2.04. The molecule has 47 heavy (non-hydrogen) atoms. The lowest BCUT2D eigenvalue weighted by Crippen LogP contribution is -2.86. The number of halogens is 1. The monoisotopic (exact) mass is 731 g/mol. The van der Waals surface area contributed by atoms with Crippen molar-refractivity contribution in [1.29, 1.82) is 0 Å². The molecule has 1 spiro atoms. The molecule has 3 saturated carbocycles. The summed E-state index contributed by atoms with van der Waals surface area (Å²) in [5.74, 6) is -1.56. The predicted octanol–water partition coefficient (Wildman–Crippen LogP) is 3.74. The number of carbonyl (C=O) groups is 2. The van der Waals surface area contributed by atoms with Gasteiger partial charge < -0.3 is 34.5 Å². The zero-order valence-electron chi connectivity index (χ0n) is 26.9. The van der Waals surface area contributed by atoms with Crippen LogP contribution in [0.2, 0.25) is 0 Å². The summed E-state index contributed by atoms with van der Waals surface area (Å²) >= 11 is 4.72. The molecule has 1 aromatic heterocycles. The number of carbonyl (C=O) groups excluding carboxylic acids is 2. The molecule has 5 unspecified atom stereocenters. The number of esters is 1. The normalized spacial score (nSPS) is 45.7. The van der Waals surface area contributed by atoms with E-state index in [-0.39, 0.29) is 48.0 Å². The third kappa shape index (κ3) is 4.09. The van der Waals surface area contributed by atoms with Gasteiger partial charge in [-0.1, -0.05) is 12.1 Å². The molecule has 3 aliphatic carbocycles. The van der Waals surface area contributed by atoms with Gasteiger partial charge in [-0.25, -0.2) is 15.2 Å². The average Bonchev–Trinajstić information content (AvgIpc) is 3.65. The zero-order chi connectivity index (χ0) is 33.1. The summed E-state index contributed by atoms with van der Waals surface area (Å²) in [5, 5.41) is 30.8. The van der Waals surface area contributed by atoms with Crippen LogP contribution in [0.1, 0.15) is 65.5 Å². The fraction of sp³-hybridized carbons (Fsp3) is 0.647. The van der Waals surface area contributed by atoms with Gasteiger partial charge in [0.05, 0.1) is 55.8 Å². The Morgan fingerprint density at radius 2 is 1.83 bits per heavy atom. The Labute approximate surface area is 286 Å². The molecule has 4 heterocycles. The van der Waals surface area contributed by atoms with E-state index in [9.17, 15) is 19.8 Å². The first-order valence-corrected chi connectivity index (χ1v) is 18.1. The molecule has 1 amide bonds. The van der Waals surface area contributed by atoms with Crippen LogP contribution in [0.4, 0.5) is 5.69 Å². The minimum atomic E-state index is -1.52. The molecule has 3 aliphatic heterocycles. The first-order valence-electron chi connectivity index (χ1n) is 16.5. The molecule has 1 aromatic carbocycles. The molecule has 4 N–H and O–H groups in total. The average molecular weight is 733 g/mol. The molecule has 3 saturated heterocycles. The van der Waals surface area contributed by atoms with E-state index in [1.54, 1.807) is 51.7 Å². The lowest BCUT2D eigenvalue weighted by atomic mass is 9.56. The second kappa shape index (κ2) is 11.0. The molecule has 2 aromatic rings. The lowest BCUT2D eigenvalue weighted by molar-refractivity contribution is -0.325. The number of thiophene rings is 1. The van der Waals surface area contributed by atoms with Crippen molar-refractivity contribution in [2.24, 2.45) is 17.8 Å². The van der Waals surface area contributed by atoms with Gasteiger partial charge in [0, 0.05) is 45.5 Å². The SMILES string of the molecule is CO[C@H]1CC[C@]2(OC(=O)c3ccccc3NC(=O)c3ccc(Br)s3)C3CC4N(N[C@H]2C)C3(C1)C1C[C@@H]2[C@@H](OC)C[C@@]4(O)[C@@]1(O)[C@H]2OC. The van der Waals surface area contributed by atoms with Crippen LogP contribution < -0.4 is 10.7 Å². The smallest absolute Gasteiger partial charge is 0.340 e. The number of para-hydroxylation sites is 1. The number of anilines is 1. The Kier molecular flexibility index (Phi) is 7.57. The minimum Gasteiger partial charge on any atom is -0.453 e. The van der Waals surface area contributed by atoms with E-state index in [0.717, 1.165) is 3.79 Å². The van der Waals surface area contributed by atoms with Crippen LogP contribution in [0.15, 0.2) is 40.2 Å². The Balaban J connectivity index is 1.21. The highest BCUT2D eigenvalue weighted by Crippen LogP contribution is 2.73. The number of hydrogen-bond acceptors (Lipinski definition) is 11. The molecule has 6 aliphatic rings. The number of ether oxygens (including phenoxy) is 4. The Morgan fingerprint density at radius 1 is 1.04 bits per heavy atom. The maximum Gasteiger partial charge on any atom is 0.340 e. The maximum atomic E-state index is 14.4. The molecule has 8 rings (SSSR count). The van der Waals surface area contributed by atoms with Gasteiger partial charge >= 0.3 is 5.97 Å². The van der Waals surface area contributed by atoms with E-state index in [0.29, 0.717) is 42.7 Å². The van der Waals surface area contributed by atoms with Gasteiger partial charge in [0.2, 0.25) is 0 Å². The Hall–Kier alpha value is -1.94. The number of aliphatic hydroxyl groups is 2. The number of piperidine rings is 1. The Bertz CT molecular complexity index is 1610. The minimum absolute atomic E-state index is 0.103. The van der Waals surface area contributed by atoms with Crippen molar-refractivity contribution in [3.05, 3.63) is 50.6 Å². The molecular weight excluding hydrogens is 690 g/mol. The van der Waals surface area contributed by atoms with Gasteiger partial charge in [-0.2, -0.15) is 0 Å². The number of amides is 1. The summed E-state index contributed by atoms with van der Waals surface area (Å²) < 4.78 is 25.7. The van der Waals surface area contributed by atoms with Crippen LogP contribution in [0, 0.1) is 17.8 Å². The first-order chi connectivity index (χ1) is 22.5. The van der Waals surface area contributed by atoms with Crippen LogP contribution in [0.3, 0.4) is 0 Å². The van der Waals surface area contributed by atoms with Crippen LogP contribution in [-0.2, 0) is 18.9 Å². The van der Waals surface area contributed by atoms with Gasteiger partial charge in [-0.15, -0.1) is 11.3 Å². The topological polar surface area (TPSA) is 139 Å². The third-order valence-electron chi connectivity index (χ3n) is 13.0. The van der Waals surface area contributed by atoms with E-state index in [4.69, 9.17) is 18.9 Å². The molecule has 11 nitrogen and oxygen atoms in total. The largest absolute Gasteiger partial charge is 0.453 e. The number of nitrogens with one attached hydrogen (secondary N) is 2. The van der Waals surface area contributed by atoms with Crippen molar-refractivity contribution < 1.29 is 38.7 Å². The van der Waals surface area contributed by atoms with Crippen molar-refractivity contribution in [2.45, 2.75) is 98.2 Å². The summed E-state index contributed by atoms with van der Waals surface area (Å²) in [4.78, 5) is 28.0. The van der Waals surface area contributed by atoms with Crippen molar-refractivity contribution in [3.8, 4) is 0 Å². The van der Waals surface area contributed by atoms with Crippen molar-refractivity contribution >= 4 is 44.8 Å². The van der Waals surface area contributed by atoms with Crippen molar-refractivity contribution in [1.82, 2.24) is 10.4 Å². The third-order valence-corrected chi connectivity index (χ3v) is 14.6.